The number of halogens is 2. The highest BCUT2D eigenvalue weighted by atomic mass is 19.1. The molecule has 2 nitrogen and oxygen atoms in total. The van der Waals surface area contributed by atoms with Gasteiger partial charge in [-0.05, 0) is 38.1 Å². The van der Waals surface area contributed by atoms with Crippen LogP contribution in [0.4, 0.5) is 8.78 Å². The van der Waals surface area contributed by atoms with Gasteiger partial charge in [0.15, 0.2) is 0 Å². The summed E-state index contributed by atoms with van der Waals surface area (Å²) >= 11 is 0. The van der Waals surface area contributed by atoms with Crippen LogP contribution < -0.4 is 5.73 Å². The Bertz CT molecular complexity index is 391. The molecule has 1 unspecified atom stereocenters. The highest BCUT2D eigenvalue weighted by Crippen LogP contribution is 2.25. The average Bonchev–Trinajstić information content (AvgIpc) is 2.18. The molecule has 0 aliphatic heterocycles. The van der Waals surface area contributed by atoms with E-state index in [1.54, 1.807) is 0 Å². The molecule has 1 fully saturated rings. The van der Waals surface area contributed by atoms with Crippen LogP contribution in [-0.4, -0.2) is 24.5 Å². The zero-order chi connectivity index (χ0) is 12.4. The van der Waals surface area contributed by atoms with Crippen LogP contribution in [-0.2, 0) is 0 Å². The van der Waals surface area contributed by atoms with Gasteiger partial charge in [-0.2, -0.15) is 0 Å². The fourth-order valence-electron chi connectivity index (χ4n) is 2.18. The van der Waals surface area contributed by atoms with E-state index < -0.39 is 17.7 Å². The monoisotopic (exact) mass is 240 g/mol. The van der Waals surface area contributed by atoms with Crippen molar-refractivity contribution in [1.82, 2.24) is 4.90 Å². The molecule has 2 rings (SSSR count). The van der Waals surface area contributed by atoms with Crippen LogP contribution in [0.3, 0.4) is 0 Å². The van der Waals surface area contributed by atoms with E-state index in [2.05, 4.69) is 4.90 Å². The summed E-state index contributed by atoms with van der Waals surface area (Å²) in [5.74, 6) is -0.871. The summed E-state index contributed by atoms with van der Waals surface area (Å²) in [5, 5.41) is 0. The summed E-state index contributed by atoms with van der Waals surface area (Å²) in [6, 6.07) is 3.51. The minimum absolute atomic E-state index is 0.260. The van der Waals surface area contributed by atoms with Crippen molar-refractivity contribution in [3.63, 3.8) is 0 Å². The van der Waals surface area contributed by atoms with E-state index in [0.29, 0.717) is 12.6 Å². The fourth-order valence-corrected chi connectivity index (χ4v) is 2.18. The molecule has 94 valence electrons. The van der Waals surface area contributed by atoms with Crippen LogP contribution in [0, 0.1) is 11.6 Å². The first-order valence-electron chi connectivity index (χ1n) is 5.98. The van der Waals surface area contributed by atoms with E-state index >= 15 is 0 Å². The Morgan fingerprint density at radius 1 is 1.41 bits per heavy atom. The van der Waals surface area contributed by atoms with Crippen LogP contribution in [0.1, 0.15) is 30.9 Å². The van der Waals surface area contributed by atoms with Crippen LogP contribution in [0.5, 0.6) is 0 Å². The molecule has 1 aromatic rings. The minimum atomic E-state index is -0.476. The van der Waals surface area contributed by atoms with Gasteiger partial charge in [-0.15, -0.1) is 0 Å². The Labute approximate surface area is 100 Å². The van der Waals surface area contributed by atoms with Crippen LogP contribution in [0.15, 0.2) is 18.2 Å². The molecule has 0 aromatic heterocycles. The highest BCUT2D eigenvalue weighted by molar-refractivity contribution is 5.22. The predicted molar refractivity (Wildman–Crippen MR) is 63.6 cm³/mol. The molecule has 1 atom stereocenters. The molecule has 1 aliphatic carbocycles. The number of hydrogen-bond acceptors (Lipinski definition) is 2. The third kappa shape index (κ3) is 2.82. The van der Waals surface area contributed by atoms with Crippen LogP contribution >= 0.6 is 0 Å². The summed E-state index contributed by atoms with van der Waals surface area (Å²) in [5.41, 5.74) is 6.19. The molecular formula is C13H18F2N2. The van der Waals surface area contributed by atoms with Gasteiger partial charge in [0.2, 0.25) is 0 Å². The largest absolute Gasteiger partial charge is 0.323 e. The first-order valence-corrected chi connectivity index (χ1v) is 5.98. The van der Waals surface area contributed by atoms with Crippen molar-refractivity contribution in [2.45, 2.75) is 31.3 Å². The van der Waals surface area contributed by atoms with E-state index in [9.17, 15) is 8.78 Å². The molecule has 0 bridgehead atoms. The molecule has 1 saturated carbocycles. The normalized spacial score (nSPS) is 18.2. The maximum atomic E-state index is 13.5. The lowest BCUT2D eigenvalue weighted by atomic mass is 9.91. The topological polar surface area (TPSA) is 29.3 Å². The van der Waals surface area contributed by atoms with Crippen molar-refractivity contribution in [2.75, 3.05) is 13.6 Å². The number of rotatable bonds is 4. The molecule has 4 heteroatoms. The second-order valence-electron chi connectivity index (χ2n) is 4.80. The fraction of sp³-hybridized carbons (Fsp3) is 0.538. The lowest BCUT2D eigenvalue weighted by Crippen LogP contribution is -2.41. The second kappa shape index (κ2) is 5.10. The first kappa shape index (κ1) is 12.5. The lowest BCUT2D eigenvalue weighted by molar-refractivity contribution is 0.151. The Kier molecular flexibility index (Phi) is 3.74. The third-order valence-corrected chi connectivity index (χ3v) is 3.54. The lowest BCUT2D eigenvalue weighted by Gasteiger charge is -2.36. The number of nitrogens with zero attached hydrogens (tertiary/aromatic N) is 1. The van der Waals surface area contributed by atoms with Gasteiger partial charge < -0.3 is 10.6 Å². The Hall–Kier alpha value is -1.00. The number of nitrogens with two attached hydrogens (primary N) is 1. The van der Waals surface area contributed by atoms with Crippen molar-refractivity contribution in [2.24, 2.45) is 5.73 Å². The summed E-state index contributed by atoms with van der Waals surface area (Å²) < 4.78 is 26.5. The van der Waals surface area contributed by atoms with Gasteiger partial charge in [0, 0.05) is 24.2 Å². The molecule has 2 N–H and O–H groups in total. The molecule has 0 radical (unpaired) electrons. The first-order chi connectivity index (χ1) is 8.08. The van der Waals surface area contributed by atoms with E-state index in [4.69, 9.17) is 5.73 Å². The number of hydrogen-bond donors (Lipinski definition) is 1. The molecule has 1 aliphatic rings. The van der Waals surface area contributed by atoms with Crippen molar-refractivity contribution >= 4 is 0 Å². The summed E-state index contributed by atoms with van der Waals surface area (Å²) in [6.07, 6.45) is 3.60. The highest BCUT2D eigenvalue weighted by Gasteiger charge is 2.24. The van der Waals surface area contributed by atoms with Crippen molar-refractivity contribution < 1.29 is 8.78 Å². The zero-order valence-electron chi connectivity index (χ0n) is 10.00. The predicted octanol–water partition coefficient (Wildman–Crippen LogP) is 2.45. The second-order valence-corrected chi connectivity index (χ2v) is 4.80. The van der Waals surface area contributed by atoms with E-state index in [1.165, 1.54) is 25.3 Å². The van der Waals surface area contributed by atoms with Gasteiger partial charge >= 0.3 is 0 Å². The molecule has 0 amide bonds. The minimum Gasteiger partial charge on any atom is -0.323 e. The Morgan fingerprint density at radius 3 is 2.71 bits per heavy atom. The maximum Gasteiger partial charge on any atom is 0.128 e. The Morgan fingerprint density at radius 2 is 2.12 bits per heavy atom. The van der Waals surface area contributed by atoms with E-state index in [-0.39, 0.29) is 5.56 Å². The van der Waals surface area contributed by atoms with Gasteiger partial charge in [-0.3, -0.25) is 0 Å². The SMILES string of the molecule is CN(CC(N)c1cc(F)ccc1F)C1CCC1. The van der Waals surface area contributed by atoms with Gasteiger partial charge in [-0.25, -0.2) is 8.78 Å². The van der Waals surface area contributed by atoms with Crippen molar-refractivity contribution in [1.29, 1.82) is 0 Å². The standard InChI is InChI=1S/C13H18F2N2/c1-17(10-3-2-4-10)8-13(16)11-7-9(14)5-6-12(11)15/h5-7,10,13H,2-4,8,16H2,1H3. The van der Waals surface area contributed by atoms with Crippen molar-refractivity contribution in [3.05, 3.63) is 35.4 Å². The van der Waals surface area contributed by atoms with E-state index in [1.807, 2.05) is 7.05 Å². The summed E-state index contributed by atoms with van der Waals surface area (Å²) in [7, 11) is 1.99. The summed E-state index contributed by atoms with van der Waals surface area (Å²) in [4.78, 5) is 2.14. The quantitative estimate of drug-likeness (QED) is 0.876. The van der Waals surface area contributed by atoms with Gasteiger partial charge in [-0.1, -0.05) is 6.42 Å². The van der Waals surface area contributed by atoms with E-state index in [0.717, 1.165) is 12.1 Å². The summed E-state index contributed by atoms with van der Waals surface area (Å²) in [6.45, 7) is 0.561. The average molecular weight is 240 g/mol. The number of benzene rings is 1. The van der Waals surface area contributed by atoms with Crippen LogP contribution in [0.2, 0.25) is 0 Å². The van der Waals surface area contributed by atoms with Gasteiger partial charge in [0.05, 0.1) is 0 Å². The molecule has 17 heavy (non-hydrogen) atoms. The van der Waals surface area contributed by atoms with Gasteiger partial charge in [0.1, 0.15) is 11.6 Å². The smallest absolute Gasteiger partial charge is 0.128 e. The molecule has 1 aromatic carbocycles. The van der Waals surface area contributed by atoms with Crippen LogP contribution in [0.25, 0.3) is 0 Å². The van der Waals surface area contributed by atoms with Crippen molar-refractivity contribution in [3.8, 4) is 0 Å². The molecule has 0 saturated heterocycles. The molecule has 0 spiro atoms. The maximum absolute atomic E-state index is 13.5. The Balaban J connectivity index is 2.02. The third-order valence-electron chi connectivity index (χ3n) is 3.54. The number of likely N-dealkylation sites (N-methyl/N-ethyl adjacent to an activating group) is 1. The molecular weight excluding hydrogens is 222 g/mol. The molecule has 0 heterocycles. The zero-order valence-corrected chi connectivity index (χ0v) is 10.00. The van der Waals surface area contributed by atoms with Gasteiger partial charge in [0.25, 0.3) is 0 Å².